The molecule has 0 fully saturated rings. The molecule has 2 bridgehead atoms. The Morgan fingerprint density at radius 1 is 0.588 bits per heavy atom. The average molecular weight is 671 g/mol. The van der Waals surface area contributed by atoms with Crippen molar-refractivity contribution in [2.75, 3.05) is 0 Å². The Labute approximate surface area is 299 Å². The number of aliphatic imine (C=N–C) groups is 1. The van der Waals surface area contributed by atoms with Crippen molar-refractivity contribution in [1.29, 1.82) is 0 Å². The molecule has 0 spiro atoms. The number of fused-ring (bicyclic) bond motifs is 9. The first-order valence-electron chi connectivity index (χ1n) is 17.1. The predicted molar refractivity (Wildman–Crippen MR) is 210 cm³/mol. The third-order valence-electron chi connectivity index (χ3n) is 10.2. The number of hydrogen-bond donors (Lipinski definition) is 0. The number of rotatable bonds is 3. The molecule has 0 radical (unpaired) electrons. The van der Waals surface area contributed by atoms with Crippen molar-refractivity contribution in [2.45, 2.75) is 0 Å². The Morgan fingerprint density at radius 2 is 1.22 bits per heavy atom. The lowest BCUT2D eigenvalue weighted by molar-refractivity contribution is 0.403. The summed E-state index contributed by atoms with van der Waals surface area (Å²) in [7, 11) is -0.796. The molecule has 3 aliphatic heterocycles. The van der Waals surface area contributed by atoms with E-state index in [4.69, 9.17) is 14.3 Å². The van der Waals surface area contributed by atoms with Gasteiger partial charge in [0.2, 0.25) is 0 Å². The fourth-order valence-electron chi connectivity index (χ4n) is 7.94. The zero-order chi connectivity index (χ0) is 33.5. The molecule has 238 valence electrons. The van der Waals surface area contributed by atoms with Crippen LogP contribution in [-0.2, 0) is 0 Å². The zero-order valence-electron chi connectivity index (χ0n) is 27.3. The standard InChI is InChI=1S/C45H27BN2O2S/c1-3-12-28(13-4-1)34-26-36-41-32-18-9-7-16-30(32)21-23-38(41)49-46-48-37(42-33-19-10-8-17-31(33)22-24-39(42)50-46)27-35(29-14-5-2-6-15-29)45(48)43(44(34)47-36)40-20-11-25-51-40/h1-27H/b44-43-. The molecule has 4 nitrogen and oxygen atoms in total. The molecule has 0 atom stereocenters. The third-order valence-corrected chi connectivity index (χ3v) is 11.1. The van der Waals surface area contributed by atoms with Crippen LogP contribution in [0.2, 0.25) is 0 Å². The van der Waals surface area contributed by atoms with Crippen LogP contribution in [0.25, 0.3) is 55.1 Å². The quantitative estimate of drug-likeness (QED) is 0.175. The molecule has 0 unspecified atom stereocenters. The smallest absolute Gasteiger partial charge is 0.506 e. The highest BCUT2D eigenvalue weighted by Crippen LogP contribution is 2.51. The van der Waals surface area contributed by atoms with Crippen LogP contribution in [0.4, 0.5) is 0 Å². The van der Waals surface area contributed by atoms with Crippen molar-refractivity contribution in [1.82, 2.24) is 4.48 Å². The first kappa shape index (κ1) is 28.5. The highest BCUT2D eigenvalue weighted by atomic mass is 32.1. The molecule has 0 saturated heterocycles. The minimum Gasteiger partial charge on any atom is -0.506 e. The summed E-state index contributed by atoms with van der Waals surface area (Å²) >= 11 is 1.72. The predicted octanol–water partition coefficient (Wildman–Crippen LogP) is 11.2. The van der Waals surface area contributed by atoms with Crippen molar-refractivity contribution in [2.24, 2.45) is 4.99 Å². The van der Waals surface area contributed by atoms with Crippen LogP contribution < -0.4 is 9.31 Å². The van der Waals surface area contributed by atoms with E-state index in [0.717, 1.165) is 99.7 Å². The van der Waals surface area contributed by atoms with E-state index < -0.39 is 7.25 Å². The van der Waals surface area contributed by atoms with Crippen molar-refractivity contribution < 1.29 is 9.31 Å². The topological polar surface area (TPSA) is 35.8 Å². The van der Waals surface area contributed by atoms with Gasteiger partial charge in [0.25, 0.3) is 0 Å². The summed E-state index contributed by atoms with van der Waals surface area (Å²) in [5.74, 6) is 1.51. The van der Waals surface area contributed by atoms with Gasteiger partial charge in [-0.15, -0.1) is 11.3 Å². The van der Waals surface area contributed by atoms with E-state index in [1.54, 1.807) is 11.3 Å². The molecule has 0 saturated carbocycles. The van der Waals surface area contributed by atoms with Crippen molar-refractivity contribution in [3.8, 4) is 33.9 Å². The molecule has 3 aliphatic rings. The van der Waals surface area contributed by atoms with Crippen LogP contribution in [0, 0.1) is 0 Å². The molecule has 11 rings (SSSR count). The first-order valence-corrected chi connectivity index (χ1v) is 18.0. The van der Waals surface area contributed by atoms with Crippen LogP contribution in [-0.4, -0.2) is 17.4 Å². The number of benzene rings is 6. The van der Waals surface area contributed by atoms with Crippen molar-refractivity contribution in [3.05, 3.63) is 191 Å². The molecule has 8 aromatic rings. The van der Waals surface area contributed by atoms with Gasteiger partial charge < -0.3 is 13.8 Å². The van der Waals surface area contributed by atoms with E-state index >= 15 is 0 Å². The van der Waals surface area contributed by atoms with Crippen molar-refractivity contribution >= 4 is 57.0 Å². The lowest BCUT2D eigenvalue weighted by atomic mass is 9.92. The number of allylic oxidation sites excluding steroid dienone is 2. The van der Waals surface area contributed by atoms with Crippen LogP contribution >= 0.6 is 11.3 Å². The van der Waals surface area contributed by atoms with Gasteiger partial charge in [-0.3, -0.25) is 0 Å². The summed E-state index contributed by atoms with van der Waals surface area (Å²) in [6.45, 7) is 0. The molecule has 51 heavy (non-hydrogen) atoms. The molecule has 6 aromatic carbocycles. The summed E-state index contributed by atoms with van der Waals surface area (Å²) in [5, 5.41) is 6.64. The fourth-order valence-corrected chi connectivity index (χ4v) is 8.72. The van der Waals surface area contributed by atoms with Gasteiger partial charge in [-0.2, -0.15) is 0 Å². The Kier molecular flexibility index (Phi) is 6.18. The molecular formula is C45H27BN2O2S. The van der Waals surface area contributed by atoms with Gasteiger partial charge in [0.15, 0.2) is 0 Å². The summed E-state index contributed by atoms with van der Waals surface area (Å²) in [5.41, 5.74) is 11.3. The molecule has 6 heteroatoms. The van der Waals surface area contributed by atoms with Crippen LogP contribution in [0.15, 0.2) is 174 Å². The molecule has 5 heterocycles. The van der Waals surface area contributed by atoms with E-state index in [1.807, 2.05) is 0 Å². The molecule has 0 aliphatic carbocycles. The van der Waals surface area contributed by atoms with E-state index in [2.05, 4.69) is 168 Å². The van der Waals surface area contributed by atoms with Gasteiger partial charge in [-0.1, -0.05) is 127 Å². The van der Waals surface area contributed by atoms with Gasteiger partial charge in [0.05, 0.1) is 17.1 Å². The van der Waals surface area contributed by atoms with Gasteiger partial charge >= 0.3 is 7.25 Å². The summed E-state index contributed by atoms with van der Waals surface area (Å²) in [6.07, 6.45) is 2.24. The highest BCUT2D eigenvalue weighted by Gasteiger charge is 2.43. The van der Waals surface area contributed by atoms with Gasteiger partial charge in [-0.05, 0) is 68.4 Å². The molecule has 0 amide bonds. The monoisotopic (exact) mass is 670 g/mol. The Morgan fingerprint density at radius 3 is 1.90 bits per heavy atom. The highest BCUT2D eigenvalue weighted by molar-refractivity contribution is 7.11. The zero-order valence-corrected chi connectivity index (χ0v) is 28.1. The van der Waals surface area contributed by atoms with E-state index in [9.17, 15) is 0 Å². The maximum atomic E-state index is 7.18. The van der Waals surface area contributed by atoms with Crippen LogP contribution in [0.3, 0.4) is 0 Å². The summed E-state index contributed by atoms with van der Waals surface area (Å²) in [6, 6.07) is 53.3. The Hall–Kier alpha value is -6.37. The normalized spacial score (nSPS) is 15.7. The van der Waals surface area contributed by atoms with E-state index in [-0.39, 0.29) is 0 Å². The first-order chi connectivity index (χ1) is 25.3. The Bertz CT molecular complexity index is 2800. The molecule has 0 N–H and O–H groups in total. The number of thiophene rings is 1. The second-order valence-corrected chi connectivity index (χ2v) is 14.0. The minimum absolute atomic E-state index is 0.720. The molecular weight excluding hydrogens is 643 g/mol. The number of nitrogens with zero attached hydrogens (tertiary/aromatic N) is 2. The maximum Gasteiger partial charge on any atom is 0.743 e. The van der Waals surface area contributed by atoms with Crippen molar-refractivity contribution in [3.63, 3.8) is 0 Å². The maximum absolute atomic E-state index is 7.18. The minimum atomic E-state index is -0.796. The lowest BCUT2D eigenvalue weighted by Crippen LogP contribution is -2.42. The second-order valence-electron chi connectivity index (χ2n) is 13.0. The average Bonchev–Trinajstić information content (AvgIpc) is 3.96. The summed E-state index contributed by atoms with van der Waals surface area (Å²) in [4.78, 5) is 6.74. The largest absolute Gasteiger partial charge is 0.743 e. The number of aromatic nitrogens is 1. The van der Waals surface area contributed by atoms with E-state index in [0.29, 0.717) is 0 Å². The second kappa shape index (κ2) is 11.1. The fraction of sp³-hybridized carbons (Fsp3) is 0. The summed E-state index contributed by atoms with van der Waals surface area (Å²) < 4.78 is 16.5. The lowest BCUT2D eigenvalue weighted by Gasteiger charge is -2.30. The van der Waals surface area contributed by atoms with Crippen LogP contribution in [0.1, 0.15) is 21.7 Å². The Balaban J connectivity index is 1.34. The van der Waals surface area contributed by atoms with Gasteiger partial charge in [0, 0.05) is 38.4 Å². The molecule has 2 aromatic heterocycles. The van der Waals surface area contributed by atoms with E-state index in [1.165, 1.54) is 0 Å². The van der Waals surface area contributed by atoms with Crippen LogP contribution in [0.5, 0.6) is 11.5 Å². The SMILES string of the molecule is C1=C(c2ccccc2)/C2=C(\c3cccs3)c3c(-c4ccccc4)cc4n3B(Oc3ccc5ccccc5c3C1=N2)Oc1ccc2ccccc2c1-4. The van der Waals surface area contributed by atoms with Gasteiger partial charge in [-0.25, -0.2) is 4.99 Å². The van der Waals surface area contributed by atoms with Gasteiger partial charge in [0.1, 0.15) is 11.5 Å². The number of hydrogen-bond acceptors (Lipinski definition) is 4. The third kappa shape index (κ3) is 4.30.